The van der Waals surface area contributed by atoms with Crippen LogP contribution in [0.15, 0.2) is 36.5 Å². The van der Waals surface area contributed by atoms with Gasteiger partial charge in [0.25, 0.3) is 0 Å². The topological polar surface area (TPSA) is 30.0 Å². The third-order valence-electron chi connectivity index (χ3n) is 4.72. The fourth-order valence-electron chi connectivity index (χ4n) is 3.47. The summed E-state index contributed by atoms with van der Waals surface area (Å²) < 4.78 is 0. The molecule has 3 rings (SSSR count). The maximum atomic E-state index is 13.0. The van der Waals surface area contributed by atoms with Gasteiger partial charge in [0.1, 0.15) is 0 Å². The summed E-state index contributed by atoms with van der Waals surface area (Å²) in [5, 5.41) is 1.05. The molecule has 2 heteroatoms. The molecule has 104 valence electrons. The summed E-state index contributed by atoms with van der Waals surface area (Å²) in [5.41, 5.74) is 1.75. The minimum atomic E-state index is 0.103. The van der Waals surface area contributed by atoms with E-state index in [-0.39, 0.29) is 17.1 Å². The molecule has 1 saturated carbocycles. The molecule has 1 unspecified atom stereocenters. The van der Waals surface area contributed by atoms with Gasteiger partial charge < -0.3 is 0 Å². The number of ketones is 1. The third-order valence-corrected chi connectivity index (χ3v) is 4.72. The van der Waals surface area contributed by atoms with Crippen molar-refractivity contribution < 1.29 is 4.79 Å². The number of benzene rings is 1. The van der Waals surface area contributed by atoms with Crippen LogP contribution in [0.2, 0.25) is 0 Å². The highest BCUT2D eigenvalue weighted by molar-refractivity contribution is 6.08. The number of Topliss-reactive ketones (excluding diaryl/α,β-unsaturated/α-hetero) is 1. The average Bonchev–Trinajstić information content (AvgIpc) is 2.45. The maximum absolute atomic E-state index is 13.0. The Bertz CT molecular complexity index is 639. The fraction of sp³-hybridized carbons (Fsp3) is 0.444. The monoisotopic (exact) mass is 267 g/mol. The summed E-state index contributed by atoms with van der Waals surface area (Å²) in [4.78, 5) is 17.4. The van der Waals surface area contributed by atoms with Gasteiger partial charge in [-0.1, -0.05) is 44.9 Å². The molecule has 0 aliphatic heterocycles. The van der Waals surface area contributed by atoms with Gasteiger partial charge in [0.2, 0.25) is 0 Å². The number of carbonyl (C=O) groups is 1. The lowest BCUT2D eigenvalue weighted by Crippen LogP contribution is -2.34. The molecular formula is C18H21NO. The predicted octanol–water partition coefficient (Wildman–Crippen LogP) is 4.63. The van der Waals surface area contributed by atoms with E-state index >= 15 is 0 Å². The molecule has 1 aromatic carbocycles. The van der Waals surface area contributed by atoms with Crippen molar-refractivity contribution >= 4 is 16.7 Å². The first-order valence-corrected chi connectivity index (χ1v) is 7.47. The quantitative estimate of drug-likeness (QED) is 0.742. The lowest BCUT2D eigenvalue weighted by Gasteiger charge is -2.37. The molecule has 0 bridgehead atoms. The Morgan fingerprint density at radius 3 is 2.80 bits per heavy atom. The first kappa shape index (κ1) is 13.3. The van der Waals surface area contributed by atoms with Crippen molar-refractivity contribution in [3.8, 4) is 0 Å². The number of fused-ring (bicyclic) bond motifs is 1. The van der Waals surface area contributed by atoms with E-state index in [9.17, 15) is 4.79 Å². The SMILES string of the molecule is CC1(C)CCCCC1C(=O)c1cccc2cccnc12. The molecule has 1 aromatic heterocycles. The van der Waals surface area contributed by atoms with E-state index in [1.807, 2.05) is 30.3 Å². The molecule has 0 saturated heterocycles. The van der Waals surface area contributed by atoms with Gasteiger partial charge in [0.15, 0.2) is 5.78 Å². The minimum absolute atomic E-state index is 0.103. The molecule has 1 heterocycles. The first-order chi connectivity index (χ1) is 9.59. The third kappa shape index (κ3) is 2.24. The van der Waals surface area contributed by atoms with E-state index < -0.39 is 0 Å². The molecule has 1 aliphatic rings. The number of carbonyl (C=O) groups excluding carboxylic acids is 1. The van der Waals surface area contributed by atoms with E-state index in [0.29, 0.717) is 0 Å². The lowest BCUT2D eigenvalue weighted by molar-refractivity contribution is 0.0699. The molecule has 1 fully saturated rings. The summed E-state index contributed by atoms with van der Waals surface area (Å²) in [6.07, 6.45) is 6.32. The highest BCUT2D eigenvalue weighted by Gasteiger charge is 2.37. The first-order valence-electron chi connectivity index (χ1n) is 7.47. The van der Waals surface area contributed by atoms with Crippen LogP contribution in [-0.2, 0) is 0 Å². The van der Waals surface area contributed by atoms with E-state index in [0.717, 1.165) is 35.7 Å². The Morgan fingerprint density at radius 1 is 1.20 bits per heavy atom. The molecular weight excluding hydrogens is 246 g/mol. The minimum Gasteiger partial charge on any atom is -0.294 e. The predicted molar refractivity (Wildman–Crippen MR) is 81.8 cm³/mol. The van der Waals surface area contributed by atoms with Crippen LogP contribution in [0.4, 0.5) is 0 Å². The number of hydrogen-bond donors (Lipinski definition) is 0. The summed E-state index contributed by atoms with van der Waals surface area (Å²) in [6, 6.07) is 9.85. The van der Waals surface area contributed by atoms with Gasteiger partial charge >= 0.3 is 0 Å². The Morgan fingerprint density at radius 2 is 2.00 bits per heavy atom. The second-order valence-corrected chi connectivity index (χ2v) is 6.53. The molecule has 0 spiro atoms. The van der Waals surface area contributed by atoms with Crippen molar-refractivity contribution in [2.75, 3.05) is 0 Å². The Labute approximate surface area is 120 Å². The molecule has 0 N–H and O–H groups in total. The molecule has 0 amide bonds. The molecule has 20 heavy (non-hydrogen) atoms. The average molecular weight is 267 g/mol. The second kappa shape index (κ2) is 5.01. The number of pyridine rings is 1. The smallest absolute Gasteiger partial charge is 0.168 e. The molecule has 1 aliphatic carbocycles. The molecule has 2 nitrogen and oxygen atoms in total. The van der Waals surface area contributed by atoms with Crippen molar-refractivity contribution in [1.29, 1.82) is 0 Å². The van der Waals surface area contributed by atoms with Gasteiger partial charge in [-0.3, -0.25) is 9.78 Å². The Kier molecular flexibility index (Phi) is 3.33. The van der Waals surface area contributed by atoms with Crippen molar-refractivity contribution in [2.45, 2.75) is 39.5 Å². The summed E-state index contributed by atoms with van der Waals surface area (Å²) in [7, 11) is 0. The van der Waals surface area contributed by atoms with Gasteiger partial charge in [-0.25, -0.2) is 0 Å². The van der Waals surface area contributed by atoms with Crippen LogP contribution in [0.5, 0.6) is 0 Å². The molecule has 2 aromatic rings. The van der Waals surface area contributed by atoms with E-state index in [4.69, 9.17) is 0 Å². The number of hydrogen-bond acceptors (Lipinski definition) is 2. The zero-order valence-corrected chi connectivity index (χ0v) is 12.2. The van der Waals surface area contributed by atoms with Gasteiger partial charge in [0, 0.05) is 23.1 Å². The van der Waals surface area contributed by atoms with Gasteiger partial charge in [-0.15, -0.1) is 0 Å². The van der Waals surface area contributed by atoms with Crippen molar-refractivity contribution in [3.05, 3.63) is 42.1 Å². The molecule has 0 radical (unpaired) electrons. The highest BCUT2D eigenvalue weighted by atomic mass is 16.1. The largest absolute Gasteiger partial charge is 0.294 e. The zero-order valence-electron chi connectivity index (χ0n) is 12.2. The summed E-state index contributed by atoms with van der Waals surface area (Å²) in [6.45, 7) is 4.46. The fourth-order valence-corrected chi connectivity index (χ4v) is 3.47. The van der Waals surface area contributed by atoms with Gasteiger partial charge in [0.05, 0.1) is 5.52 Å². The van der Waals surface area contributed by atoms with Crippen LogP contribution >= 0.6 is 0 Å². The van der Waals surface area contributed by atoms with Crippen LogP contribution in [-0.4, -0.2) is 10.8 Å². The van der Waals surface area contributed by atoms with Crippen molar-refractivity contribution in [3.63, 3.8) is 0 Å². The number of nitrogens with zero attached hydrogens (tertiary/aromatic N) is 1. The van der Waals surface area contributed by atoms with Gasteiger partial charge in [-0.05, 0) is 30.4 Å². The highest BCUT2D eigenvalue weighted by Crippen LogP contribution is 2.42. The number of rotatable bonds is 2. The van der Waals surface area contributed by atoms with E-state index in [1.54, 1.807) is 6.20 Å². The van der Waals surface area contributed by atoms with Crippen LogP contribution in [0.1, 0.15) is 49.9 Å². The van der Waals surface area contributed by atoms with Crippen LogP contribution in [0.3, 0.4) is 0 Å². The summed E-state index contributed by atoms with van der Waals surface area (Å²) in [5.74, 6) is 0.405. The maximum Gasteiger partial charge on any atom is 0.168 e. The van der Waals surface area contributed by atoms with Crippen molar-refractivity contribution in [2.24, 2.45) is 11.3 Å². The number of aromatic nitrogens is 1. The van der Waals surface area contributed by atoms with Gasteiger partial charge in [-0.2, -0.15) is 0 Å². The van der Waals surface area contributed by atoms with Crippen LogP contribution in [0, 0.1) is 11.3 Å². The Balaban J connectivity index is 2.04. The standard InChI is InChI=1S/C18H21NO/c1-18(2)11-4-3-10-15(18)17(20)14-9-5-7-13-8-6-12-19-16(13)14/h5-9,12,15H,3-4,10-11H2,1-2H3. The van der Waals surface area contributed by atoms with Crippen LogP contribution in [0.25, 0.3) is 10.9 Å². The van der Waals surface area contributed by atoms with Crippen molar-refractivity contribution in [1.82, 2.24) is 4.98 Å². The molecule has 1 atom stereocenters. The Hall–Kier alpha value is -1.70. The van der Waals surface area contributed by atoms with Crippen LogP contribution < -0.4 is 0 Å². The number of para-hydroxylation sites is 1. The second-order valence-electron chi connectivity index (χ2n) is 6.53. The normalized spacial score (nSPS) is 21.8. The zero-order chi connectivity index (χ0) is 14.2. The van der Waals surface area contributed by atoms with E-state index in [2.05, 4.69) is 18.8 Å². The van der Waals surface area contributed by atoms with E-state index in [1.165, 1.54) is 6.42 Å². The lowest BCUT2D eigenvalue weighted by atomic mass is 9.66. The summed E-state index contributed by atoms with van der Waals surface area (Å²) >= 11 is 0.